The van der Waals surface area contributed by atoms with Gasteiger partial charge < -0.3 is 10.2 Å². The van der Waals surface area contributed by atoms with E-state index in [-0.39, 0.29) is 5.75 Å². The summed E-state index contributed by atoms with van der Waals surface area (Å²) in [5.41, 5.74) is 0.0986. The molecule has 116 valence electrons. The molecule has 2 rings (SSSR count). The normalized spacial score (nSPS) is 23.1. The van der Waals surface area contributed by atoms with Gasteiger partial charge in [-0.25, -0.2) is 0 Å². The van der Waals surface area contributed by atoms with E-state index in [9.17, 15) is 15.0 Å². The number of piperidine rings is 1. The van der Waals surface area contributed by atoms with E-state index in [0.29, 0.717) is 24.5 Å². The summed E-state index contributed by atoms with van der Waals surface area (Å²) in [5, 5.41) is 20.1. The number of rotatable bonds is 5. The Bertz CT molecular complexity index is 516. The third-order valence-corrected chi connectivity index (χ3v) is 4.51. The van der Waals surface area contributed by atoms with Crippen LogP contribution in [0.2, 0.25) is 5.02 Å². The van der Waals surface area contributed by atoms with E-state index in [1.165, 1.54) is 0 Å². The highest BCUT2D eigenvalue weighted by atomic mass is 35.5. The van der Waals surface area contributed by atoms with Crippen molar-refractivity contribution in [1.82, 2.24) is 4.90 Å². The molecule has 1 unspecified atom stereocenters. The van der Waals surface area contributed by atoms with E-state index >= 15 is 0 Å². The van der Waals surface area contributed by atoms with Crippen molar-refractivity contribution in [2.45, 2.75) is 39.2 Å². The Balaban J connectivity index is 2.13. The monoisotopic (exact) mass is 311 g/mol. The van der Waals surface area contributed by atoms with Gasteiger partial charge in [0.2, 0.25) is 0 Å². The smallest absolute Gasteiger partial charge is 0.310 e. The summed E-state index contributed by atoms with van der Waals surface area (Å²) < 4.78 is 0. The van der Waals surface area contributed by atoms with Gasteiger partial charge in [0, 0.05) is 23.7 Å². The van der Waals surface area contributed by atoms with Gasteiger partial charge >= 0.3 is 5.97 Å². The van der Waals surface area contributed by atoms with Crippen LogP contribution in [0.5, 0.6) is 5.75 Å². The van der Waals surface area contributed by atoms with Gasteiger partial charge in [-0.1, -0.05) is 24.9 Å². The molecule has 1 heterocycles. The van der Waals surface area contributed by atoms with Crippen LogP contribution in [-0.2, 0) is 11.3 Å². The Morgan fingerprint density at radius 2 is 2.24 bits per heavy atom. The second-order valence-electron chi connectivity index (χ2n) is 5.92. The highest BCUT2D eigenvalue weighted by molar-refractivity contribution is 6.30. The predicted octanol–water partition coefficient (Wildman–Crippen LogP) is 3.51. The molecule has 21 heavy (non-hydrogen) atoms. The van der Waals surface area contributed by atoms with Crippen LogP contribution in [0.4, 0.5) is 0 Å². The molecule has 0 saturated carbocycles. The predicted molar refractivity (Wildman–Crippen MR) is 82.6 cm³/mol. The van der Waals surface area contributed by atoms with Crippen LogP contribution < -0.4 is 0 Å². The first-order valence-electron chi connectivity index (χ1n) is 7.40. The minimum Gasteiger partial charge on any atom is -0.508 e. The number of phenols is 1. The summed E-state index contributed by atoms with van der Waals surface area (Å²) in [6.45, 7) is 3.93. The van der Waals surface area contributed by atoms with Crippen molar-refractivity contribution < 1.29 is 15.0 Å². The van der Waals surface area contributed by atoms with Crippen LogP contribution in [-0.4, -0.2) is 34.2 Å². The molecule has 1 fully saturated rings. The number of benzene rings is 1. The Morgan fingerprint density at radius 3 is 2.90 bits per heavy atom. The average Bonchev–Trinajstić information content (AvgIpc) is 2.43. The zero-order valence-corrected chi connectivity index (χ0v) is 13.1. The lowest BCUT2D eigenvalue weighted by molar-refractivity contribution is -0.153. The molecule has 0 aliphatic carbocycles. The minimum absolute atomic E-state index is 0.210. The molecule has 0 bridgehead atoms. The number of likely N-dealkylation sites (tertiary alicyclic amines) is 1. The van der Waals surface area contributed by atoms with Crippen molar-refractivity contribution in [2.75, 3.05) is 13.1 Å². The molecule has 1 aliphatic rings. The van der Waals surface area contributed by atoms with E-state index < -0.39 is 11.4 Å². The maximum Gasteiger partial charge on any atom is 0.310 e. The SMILES string of the molecule is CCCC1(C(=O)O)CCCN(Cc2cc(Cl)ccc2O)C1. The van der Waals surface area contributed by atoms with Crippen molar-refractivity contribution in [3.63, 3.8) is 0 Å². The fourth-order valence-corrected chi connectivity index (χ4v) is 3.44. The second-order valence-corrected chi connectivity index (χ2v) is 6.36. The quantitative estimate of drug-likeness (QED) is 0.873. The number of hydrogen-bond acceptors (Lipinski definition) is 3. The molecule has 1 aromatic rings. The third kappa shape index (κ3) is 3.69. The van der Waals surface area contributed by atoms with E-state index in [1.54, 1.807) is 18.2 Å². The fraction of sp³-hybridized carbons (Fsp3) is 0.562. The molecule has 1 atom stereocenters. The molecule has 2 N–H and O–H groups in total. The molecule has 1 aliphatic heterocycles. The largest absolute Gasteiger partial charge is 0.508 e. The number of carboxylic acids is 1. The number of aliphatic carboxylic acids is 1. The van der Waals surface area contributed by atoms with Crippen LogP contribution in [0.3, 0.4) is 0 Å². The van der Waals surface area contributed by atoms with Gasteiger partial charge in [-0.2, -0.15) is 0 Å². The number of hydrogen-bond donors (Lipinski definition) is 2. The zero-order chi connectivity index (χ0) is 15.5. The summed E-state index contributed by atoms with van der Waals surface area (Å²) in [7, 11) is 0. The van der Waals surface area contributed by atoms with Gasteiger partial charge in [-0.15, -0.1) is 0 Å². The van der Waals surface area contributed by atoms with E-state index in [4.69, 9.17) is 11.6 Å². The van der Waals surface area contributed by atoms with Gasteiger partial charge in [0.1, 0.15) is 5.75 Å². The zero-order valence-electron chi connectivity index (χ0n) is 12.3. The van der Waals surface area contributed by atoms with Gasteiger partial charge in [0.05, 0.1) is 5.41 Å². The molecule has 0 radical (unpaired) electrons. The Morgan fingerprint density at radius 1 is 1.48 bits per heavy atom. The maximum absolute atomic E-state index is 11.7. The van der Waals surface area contributed by atoms with Crippen molar-refractivity contribution in [3.05, 3.63) is 28.8 Å². The highest BCUT2D eigenvalue weighted by Gasteiger charge is 2.41. The fourth-order valence-electron chi connectivity index (χ4n) is 3.25. The summed E-state index contributed by atoms with van der Waals surface area (Å²) in [6, 6.07) is 4.97. The Kier molecular flexibility index (Phi) is 5.12. The van der Waals surface area contributed by atoms with E-state index in [2.05, 4.69) is 4.90 Å². The highest BCUT2D eigenvalue weighted by Crippen LogP contribution is 2.36. The van der Waals surface area contributed by atoms with Crippen molar-refractivity contribution in [1.29, 1.82) is 0 Å². The second kappa shape index (κ2) is 6.67. The topological polar surface area (TPSA) is 60.8 Å². The molecule has 1 saturated heterocycles. The third-order valence-electron chi connectivity index (χ3n) is 4.27. The maximum atomic E-state index is 11.7. The Hall–Kier alpha value is -1.26. The molecule has 0 spiro atoms. The molecule has 0 amide bonds. The first kappa shape index (κ1) is 16.1. The van der Waals surface area contributed by atoms with Gasteiger partial charge in [-0.3, -0.25) is 9.69 Å². The van der Waals surface area contributed by atoms with Crippen LogP contribution in [0.25, 0.3) is 0 Å². The standard InChI is InChI=1S/C16H22ClNO3/c1-2-6-16(15(20)21)7-3-8-18(11-16)10-12-9-13(17)4-5-14(12)19/h4-5,9,19H,2-3,6-8,10-11H2,1H3,(H,20,21). The average molecular weight is 312 g/mol. The minimum atomic E-state index is -0.704. The molecule has 4 nitrogen and oxygen atoms in total. The van der Waals surface area contributed by atoms with Gasteiger partial charge in [0.25, 0.3) is 0 Å². The van der Waals surface area contributed by atoms with Crippen molar-refractivity contribution >= 4 is 17.6 Å². The van der Waals surface area contributed by atoms with E-state index in [1.807, 2.05) is 6.92 Å². The number of phenolic OH excluding ortho intramolecular Hbond substituents is 1. The van der Waals surface area contributed by atoms with Crippen LogP contribution >= 0.6 is 11.6 Å². The number of carboxylic acid groups (broad SMARTS) is 1. The molecule has 5 heteroatoms. The molecular weight excluding hydrogens is 290 g/mol. The van der Waals surface area contributed by atoms with Gasteiger partial charge in [-0.05, 0) is 44.0 Å². The lowest BCUT2D eigenvalue weighted by Gasteiger charge is -2.40. The van der Waals surface area contributed by atoms with Crippen LogP contribution in [0, 0.1) is 5.41 Å². The van der Waals surface area contributed by atoms with Crippen molar-refractivity contribution in [3.8, 4) is 5.75 Å². The van der Waals surface area contributed by atoms with Gasteiger partial charge in [0.15, 0.2) is 0 Å². The molecule has 1 aromatic carbocycles. The molecule has 0 aromatic heterocycles. The number of nitrogens with zero attached hydrogens (tertiary/aromatic N) is 1. The number of halogens is 1. The summed E-state index contributed by atoms with van der Waals surface area (Å²) in [6.07, 6.45) is 3.16. The summed E-state index contributed by atoms with van der Waals surface area (Å²) >= 11 is 5.97. The van der Waals surface area contributed by atoms with E-state index in [0.717, 1.165) is 31.4 Å². The molecular formula is C16H22ClNO3. The number of carbonyl (C=O) groups is 1. The first-order chi connectivity index (χ1) is 9.97. The lowest BCUT2D eigenvalue weighted by atomic mass is 9.76. The summed E-state index contributed by atoms with van der Waals surface area (Å²) in [5.74, 6) is -0.495. The Labute approximate surface area is 130 Å². The first-order valence-corrected chi connectivity index (χ1v) is 7.78. The summed E-state index contributed by atoms with van der Waals surface area (Å²) in [4.78, 5) is 13.8. The van der Waals surface area contributed by atoms with Crippen molar-refractivity contribution in [2.24, 2.45) is 5.41 Å². The van der Waals surface area contributed by atoms with Crippen LogP contribution in [0.1, 0.15) is 38.2 Å². The number of aromatic hydroxyl groups is 1. The lowest BCUT2D eigenvalue weighted by Crippen LogP contribution is -2.47. The van der Waals surface area contributed by atoms with Crippen LogP contribution in [0.15, 0.2) is 18.2 Å².